The number of hydrogen-bond donors (Lipinski definition) is 1. The fraction of sp³-hybridized carbons (Fsp3) is 0.733. The van der Waals surface area contributed by atoms with Crippen LogP contribution in [0.3, 0.4) is 0 Å². The summed E-state index contributed by atoms with van der Waals surface area (Å²) in [4.78, 5) is 1.64. The van der Waals surface area contributed by atoms with E-state index in [2.05, 4.69) is 37.5 Å². The lowest BCUT2D eigenvalue weighted by Gasteiger charge is -2.48. The molecule has 0 bridgehead atoms. The standard InChI is InChI=1S/C15H23NS/c1-11-10-12-4-9-17-13(12)15(16-11)7-5-14(2,3)6-8-15/h4,9,11,16H,5-8,10H2,1-3H3/t11-/m1/s1. The Balaban J connectivity index is 1.94. The van der Waals surface area contributed by atoms with Crippen molar-refractivity contribution in [3.63, 3.8) is 0 Å². The Labute approximate surface area is 109 Å². The van der Waals surface area contributed by atoms with Gasteiger partial charge in [-0.3, -0.25) is 0 Å². The van der Waals surface area contributed by atoms with Crippen molar-refractivity contribution in [1.29, 1.82) is 0 Å². The second-order valence-electron chi connectivity index (χ2n) is 6.77. The van der Waals surface area contributed by atoms with Crippen molar-refractivity contribution in [3.8, 4) is 0 Å². The molecule has 1 aromatic rings. The normalized spacial score (nSPS) is 30.2. The fourth-order valence-corrected chi connectivity index (χ4v) is 4.72. The molecular formula is C15H23NS. The number of thiophene rings is 1. The molecule has 0 aromatic carbocycles. The molecule has 0 unspecified atom stereocenters. The van der Waals surface area contributed by atoms with E-state index in [1.807, 2.05) is 11.3 Å². The van der Waals surface area contributed by atoms with Crippen LogP contribution in [0.4, 0.5) is 0 Å². The second-order valence-corrected chi connectivity index (χ2v) is 7.69. The SMILES string of the molecule is C[C@@H]1Cc2ccsc2C2(CCC(C)(C)CC2)N1. The van der Waals surface area contributed by atoms with Crippen molar-refractivity contribution < 1.29 is 0 Å². The molecule has 2 heterocycles. The smallest absolute Gasteiger partial charge is 0.0534 e. The maximum atomic E-state index is 3.92. The van der Waals surface area contributed by atoms with Gasteiger partial charge >= 0.3 is 0 Å². The number of nitrogens with one attached hydrogen (secondary N) is 1. The average Bonchev–Trinajstić information content (AvgIpc) is 2.71. The van der Waals surface area contributed by atoms with Crippen LogP contribution in [-0.4, -0.2) is 6.04 Å². The lowest BCUT2D eigenvalue weighted by atomic mass is 9.67. The highest BCUT2D eigenvalue weighted by Crippen LogP contribution is 2.49. The number of hydrogen-bond acceptors (Lipinski definition) is 2. The Morgan fingerprint density at radius 1 is 1.24 bits per heavy atom. The second kappa shape index (κ2) is 3.83. The molecule has 0 radical (unpaired) electrons. The summed E-state index contributed by atoms with van der Waals surface area (Å²) in [7, 11) is 0. The summed E-state index contributed by atoms with van der Waals surface area (Å²) in [5.41, 5.74) is 2.47. The van der Waals surface area contributed by atoms with Gasteiger partial charge in [0.25, 0.3) is 0 Å². The highest BCUT2D eigenvalue weighted by Gasteiger charge is 2.44. The van der Waals surface area contributed by atoms with Gasteiger partial charge in [-0.15, -0.1) is 11.3 Å². The molecule has 1 N–H and O–H groups in total. The van der Waals surface area contributed by atoms with Gasteiger partial charge < -0.3 is 5.32 Å². The molecule has 94 valence electrons. The van der Waals surface area contributed by atoms with E-state index in [4.69, 9.17) is 0 Å². The largest absolute Gasteiger partial charge is 0.304 e. The molecule has 0 saturated heterocycles. The summed E-state index contributed by atoms with van der Waals surface area (Å²) in [5, 5.41) is 6.21. The Morgan fingerprint density at radius 3 is 2.65 bits per heavy atom. The van der Waals surface area contributed by atoms with E-state index in [1.165, 1.54) is 32.1 Å². The highest BCUT2D eigenvalue weighted by atomic mass is 32.1. The van der Waals surface area contributed by atoms with E-state index >= 15 is 0 Å². The fourth-order valence-electron chi connectivity index (χ4n) is 3.56. The van der Waals surface area contributed by atoms with E-state index < -0.39 is 0 Å². The summed E-state index contributed by atoms with van der Waals surface area (Å²) in [6.07, 6.45) is 6.55. The van der Waals surface area contributed by atoms with Gasteiger partial charge in [-0.2, -0.15) is 0 Å². The minimum atomic E-state index is 0.316. The molecule has 1 aliphatic heterocycles. The Morgan fingerprint density at radius 2 is 1.94 bits per heavy atom. The molecule has 1 spiro atoms. The van der Waals surface area contributed by atoms with Gasteiger partial charge in [-0.05, 0) is 61.5 Å². The zero-order valence-corrected chi connectivity index (χ0v) is 12.0. The maximum Gasteiger partial charge on any atom is 0.0534 e. The molecule has 2 heteroatoms. The van der Waals surface area contributed by atoms with Crippen LogP contribution in [0.25, 0.3) is 0 Å². The molecular weight excluding hydrogens is 226 g/mol. The first-order valence-electron chi connectivity index (χ1n) is 6.85. The van der Waals surface area contributed by atoms with Crippen LogP contribution >= 0.6 is 11.3 Å². The molecule has 2 aliphatic rings. The lowest BCUT2D eigenvalue weighted by Crippen LogP contribution is -2.53. The van der Waals surface area contributed by atoms with E-state index in [-0.39, 0.29) is 0 Å². The predicted molar refractivity (Wildman–Crippen MR) is 74.5 cm³/mol. The van der Waals surface area contributed by atoms with E-state index in [0.717, 1.165) is 0 Å². The van der Waals surface area contributed by atoms with Gasteiger partial charge in [0.2, 0.25) is 0 Å². The molecule has 1 aromatic heterocycles. The summed E-state index contributed by atoms with van der Waals surface area (Å²) < 4.78 is 0. The average molecular weight is 249 g/mol. The van der Waals surface area contributed by atoms with Gasteiger partial charge in [0.15, 0.2) is 0 Å². The molecule has 0 amide bonds. The van der Waals surface area contributed by atoms with Crippen LogP contribution in [0.15, 0.2) is 11.4 Å². The monoisotopic (exact) mass is 249 g/mol. The maximum absolute atomic E-state index is 3.92. The molecule has 17 heavy (non-hydrogen) atoms. The summed E-state index contributed by atoms with van der Waals surface area (Å²) in [6, 6.07) is 2.98. The first-order valence-corrected chi connectivity index (χ1v) is 7.73. The third-order valence-corrected chi connectivity index (χ3v) is 5.85. The molecule has 1 aliphatic carbocycles. The molecule has 1 nitrogen and oxygen atoms in total. The van der Waals surface area contributed by atoms with Crippen molar-refractivity contribution >= 4 is 11.3 Å². The van der Waals surface area contributed by atoms with Crippen molar-refractivity contribution in [2.45, 2.75) is 64.5 Å². The Bertz CT molecular complexity index is 408. The topological polar surface area (TPSA) is 12.0 Å². The third-order valence-electron chi connectivity index (χ3n) is 4.69. The molecule has 3 rings (SSSR count). The summed E-state index contributed by atoms with van der Waals surface area (Å²) in [5.74, 6) is 0. The Kier molecular flexibility index (Phi) is 2.64. The van der Waals surface area contributed by atoms with Gasteiger partial charge in [-0.25, -0.2) is 0 Å². The van der Waals surface area contributed by atoms with Crippen molar-refractivity contribution in [3.05, 3.63) is 21.9 Å². The van der Waals surface area contributed by atoms with Crippen molar-refractivity contribution in [2.75, 3.05) is 0 Å². The van der Waals surface area contributed by atoms with E-state index in [9.17, 15) is 0 Å². The minimum Gasteiger partial charge on any atom is -0.304 e. The van der Waals surface area contributed by atoms with Crippen LogP contribution in [0.5, 0.6) is 0 Å². The first kappa shape index (κ1) is 11.7. The van der Waals surface area contributed by atoms with E-state index in [1.54, 1.807) is 10.4 Å². The third kappa shape index (κ3) is 1.96. The number of fused-ring (bicyclic) bond motifs is 2. The molecule has 1 atom stereocenters. The van der Waals surface area contributed by atoms with Gasteiger partial charge in [-0.1, -0.05) is 13.8 Å². The summed E-state index contributed by atoms with van der Waals surface area (Å²) in [6.45, 7) is 7.17. The van der Waals surface area contributed by atoms with Crippen molar-refractivity contribution in [1.82, 2.24) is 5.32 Å². The predicted octanol–water partition coefficient (Wildman–Crippen LogP) is 4.08. The van der Waals surface area contributed by atoms with Crippen LogP contribution in [0, 0.1) is 5.41 Å². The number of rotatable bonds is 0. The van der Waals surface area contributed by atoms with Crippen molar-refractivity contribution in [2.24, 2.45) is 5.41 Å². The van der Waals surface area contributed by atoms with Gasteiger partial charge in [0, 0.05) is 10.9 Å². The van der Waals surface area contributed by atoms with Crippen LogP contribution in [-0.2, 0) is 12.0 Å². The molecule has 1 saturated carbocycles. The Hall–Kier alpha value is -0.340. The quantitative estimate of drug-likeness (QED) is 0.730. The van der Waals surface area contributed by atoms with Gasteiger partial charge in [0.05, 0.1) is 5.54 Å². The van der Waals surface area contributed by atoms with Crippen LogP contribution in [0.2, 0.25) is 0 Å². The summed E-state index contributed by atoms with van der Waals surface area (Å²) >= 11 is 1.97. The first-order chi connectivity index (χ1) is 8.01. The van der Waals surface area contributed by atoms with E-state index in [0.29, 0.717) is 17.0 Å². The zero-order chi connectivity index (χ0) is 12.1. The zero-order valence-electron chi connectivity index (χ0n) is 11.2. The van der Waals surface area contributed by atoms with Crippen LogP contribution in [0.1, 0.15) is 56.9 Å². The highest BCUT2D eigenvalue weighted by molar-refractivity contribution is 7.10. The minimum absolute atomic E-state index is 0.316. The van der Waals surface area contributed by atoms with Gasteiger partial charge in [0.1, 0.15) is 0 Å². The van der Waals surface area contributed by atoms with Crippen LogP contribution < -0.4 is 5.32 Å². The molecule has 1 fully saturated rings. The lowest BCUT2D eigenvalue weighted by molar-refractivity contribution is 0.119.